The maximum absolute atomic E-state index is 11.6. The Balaban J connectivity index is 1.79. The standard InChI is InChI=1S/C13H18N2OS/c1-9-11(14)3-2-4-12(9)17-8-13(16)15-7-10-5-6-10/h2-4,10H,5-8,14H2,1H3,(H,15,16). The minimum absolute atomic E-state index is 0.115. The molecule has 0 bridgehead atoms. The van der Waals surface area contributed by atoms with Crippen LogP contribution < -0.4 is 11.1 Å². The Labute approximate surface area is 106 Å². The van der Waals surface area contributed by atoms with Gasteiger partial charge in [0.2, 0.25) is 5.91 Å². The number of carbonyl (C=O) groups excluding carboxylic acids is 1. The van der Waals surface area contributed by atoms with E-state index in [4.69, 9.17) is 5.73 Å². The fourth-order valence-corrected chi connectivity index (χ4v) is 2.46. The number of benzene rings is 1. The third-order valence-corrected chi connectivity index (χ3v) is 4.13. The number of nitrogens with one attached hydrogen (secondary N) is 1. The van der Waals surface area contributed by atoms with E-state index in [9.17, 15) is 4.79 Å². The topological polar surface area (TPSA) is 55.1 Å². The molecule has 0 aromatic heterocycles. The van der Waals surface area contributed by atoms with E-state index in [1.807, 2.05) is 25.1 Å². The number of thioether (sulfide) groups is 1. The van der Waals surface area contributed by atoms with E-state index in [0.717, 1.165) is 28.6 Å². The number of hydrogen-bond donors (Lipinski definition) is 2. The van der Waals surface area contributed by atoms with Crippen LogP contribution in [0, 0.1) is 12.8 Å². The first-order chi connectivity index (χ1) is 8.16. The molecule has 0 heterocycles. The van der Waals surface area contributed by atoms with Gasteiger partial charge >= 0.3 is 0 Å². The van der Waals surface area contributed by atoms with Crippen molar-refractivity contribution in [3.8, 4) is 0 Å². The first kappa shape index (κ1) is 12.3. The van der Waals surface area contributed by atoms with Crippen molar-refractivity contribution in [2.75, 3.05) is 18.0 Å². The average Bonchev–Trinajstić information content (AvgIpc) is 3.12. The molecule has 4 heteroatoms. The van der Waals surface area contributed by atoms with Crippen LogP contribution in [-0.2, 0) is 4.79 Å². The highest BCUT2D eigenvalue weighted by Crippen LogP contribution is 2.28. The highest BCUT2D eigenvalue weighted by atomic mass is 32.2. The zero-order chi connectivity index (χ0) is 12.3. The summed E-state index contributed by atoms with van der Waals surface area (Å²) >= 11 is 1.55. The second-order valence-electron chi connectivity index (χ2n) is 4.51. The Bertz CT molecular complexity index is 416. The monoisotopic (exact) mass is 250 g/mol. The second kappa shape index (κ2) is 5.45. The Kier molecular flexibility index (Phi) is 3.94. The van der Waals surface area contributed by atoms with Crippen LogP contribution in [0.15, 0.2) is 23.1 Å². The van der Waals surface area contributed by atoms with E-state index < -0.39 is 0 Å². The van der Waals surface area contributed by atoms with E-state index >= 15 is 0 Å². The van der Waals surface area contributed by atoms with Gasteiger partial charge in [-0.15, -0.1) is 11.8 Å². The van der Waals surface area contributed by atoms with Gasteiger partial charge in [0.05, 0.1) is 5.75 Å². The van der Waals surface area contributed by atoms with Crippen molar-refractivity contribution >= 4 is 23.4 Å². The van der Waals surface area contributed by atoms with Crippen LogP contribution in [-0.4, -0.2) is 18.2 Å². The number of rotatable bonds is 5. The molecule has 0 atom stereocenters. The maximum Gasteiger partial charge on any atom is 0.230 e. The molecule has 2 rings (SSSR count). The van der Waals surface area contributed by atoms with Crippen LogP contribution in [0.1, 0.15) is 18.4 Å². The van der Waals surface area contributed by atoms with Crippen molar-refractivity contribution in [3.05, 3.63) is 23.8 Å². The predicted octanol–water partition coefficient (Wildman–Crippen LogP) is 2.20. The third-order valence-electron chi connectivity index (χ3n) is 2.97. The average molecular weight is 250 g/mol. The van der Waals surface area contributed by atoms with Gasteiger partial charge in [0.15, 0.2) is 0 Å². The molecule has 17 heavy (non-hydrogen) atoms. The Morgan fingerprint density at radius 2 is 2.29 bits per heavy atom. The summed E-state index contributed by atoms with van der Waals surface area (Å²) in [6, 6.07) is 5.81. The summed E-state index contributed by atoms with van der Waals surface area (Å²) in [7, 11) is 0. The summed E-state index contributed by atoms with van der Waals surface area (Å²) < 4.78 is 0. The molecule has 0 spiro atoms. The molecule has 3 N–H and O–H groups in total. The number of anilines is 1. The minimum atomic E-state index is 0.115. The first-order valence-corrected chi connectivity index (χ1v) is 6.90. The van der Waals surface area contributed by atoms with E-state index in [1.165, 1.54) is 12.8 Å². The van der Waals surface area contributed by atoms with Gasteiger partial charge in [-0.3, -0.25) is 4.79 Å². The normalized spacial score (nSPS) is 14.6. The van der Waals surface area contributed by atoms with Gasteiger partial charge in [-0.05, 0) is 43.4 Å². The molecule has 3 nitrogen and oxygen atoms in total. The molecule has 1 amide bonds. The lowest BCUT2D eigenvalue weighted by Crippen LogP contribution is -2.27. The van der Waals surface area contributed by atoms with Crippen molar-refractivity contribution < 1.29 is 4.79 Å². The molecule has 0 unspecified atom stereocenters. The van der Waals surface area contributed by atoms with Gasteiger partial charge in [0.25, 0.3) is 0 Å². The van der Waals surface area contributed by atoms with Gasteiger partial charge in [0, 0.05) is 17.1 Å². The van der Waals surface area contributed by atoms with E-state index in [1.54, 1.807) is 11.8 Å². The van der Waals surface area contributed by atoms with Gasteiger partial charge < -0.3 is 11.1 Å². The third kappa shape index (κ3) is 3.66. The van der Waals surface area contributed by atoms with Gasteiger partial charge in [-0.2, -0.15) is 0 Å². The number of carbonyl (C=O) groups is 1. The van der Waals surface area contributed by atoms with Crippen LogP contribution in [0.25, 0.3) is 0 Å². The van der Waals surface area contributed by atoms with Crippen LogP contribution in [0.5, 0.6) is 0 Å². The molecule has 1 aliphatic rings. The molecule has 92 valence electrons. The van der Waals surface area contributed by atoms with Crippen LogP contribution in [0.3, 0.4) is 0 Å². The van der Waals surface area contributed by atoms with Crippen molar-refractivity contribution in [1.82, 2.24) is 5.32 Å². The number of nitrogen functional groups attached to an aromatic ring is 1. The number of nitrogens with two attached hydrogens (primary N) is 1. The Hall–Kier alpha value is -1.16. The molecule has 1 fully saturated rings. The van der Waals surface area contributed by atoms with E-state index in [-0.39, 0.29) is 5.91 Å². The van der Waals surface area contributed by atoms with Crippen LogP contribution in [0.4, 0.5) is 5.69 Å². The summed E-state index contributed by atoms with van der Waals surface area (Å²) in [6.45, 7) is 2.83. The summed E-state index contributed by atoms with van der Waals surface area (Å²) in [6.07, 6.45) is 2.53. The Morgan fingerprint density at radius 1 is 1.53 bits per heavy atom. The molecular formula is C13H18N2OS. The first-order valence-electron chi connectivity index (χ1n) is 5.91. The summed E-state index contributed by atoms with van der Waals surface area (Å²) in [5.41, 5.74) is 7.67. The van der Waals surface area contributed by atoms with E-state index in [0.29, 0.717) is 5.75 Å². The minimum Gasteiger partial charge on any atom is -0.398 e. The van der Waals surface area contributed by atoms with Crippen molar-refractivity contribution in [2.24, 2.45) is 5.92 Å². The highest BCUT2D eigenvalue weighted by Gasteiger charge is 2.21. The number of amides is 1. The van der Waals surface area contributed by atoms with Crippen molar-refractivity contribution in [1.29, 1.82) is 0 Å². The number of hydrogen-bond acceptors (Lipinski definition) is 3. The molecule has 1 saturated carbocycles. The lowest BCUT2D eigenvalue weighted by atomic mass is 10.2. The lowest BCUT2D eigenvalue weighted by Gasteiger charge is -2.08. The van der Waals surface area contributed by atoms with Gasteiger partial charge in [-0.1, -0.05) is 6.07 Å². The zero-order valence-electron chi connectivity index (χ0n) is 10.0. The molecule has 0 saturated heterocycles. The van der Waals surface area contributed by atoms with Gasteiger partial charge in [-0.25, -0.2) is 0 Å². The summed E-state index contributed by atoms with van der Waals surface area (Å²) in [4.78, 5) is 12.7. The van der Waals surface area contributed by atoms with Crippen LogP contribution >= 0.6 is 11.8 Å². The molecule has 1 aromatic rings. The van der Waals surface area contributed by atoms with Crippen molar-refractivity contribution in [2.45, 2.75) is 24.7 Å². The predicted molar refractivity (Wildman–Crippen MR) is 72.0 cm³/mol. The fraction of sp³-hybridized carbons (Fsp3) is 0.462. The smallest absolute Gasteiger partial charge is 0.230 e. The van der Waals surface area contributed by atoms with Gasteiger partial charge in [0.1, 0.15) is 0 Å². The second-order valence-corrected chi connectivity index (χ2v) is 5.52. The highest BCUT2D eigenvalue weighted by molar-refractivity contribution is 8.00. The Morgan fingerprint density at radius 3 is 3.00 bits per heavy atom. The molecular weight excluding hydrogens is 232 g/mol. The molecule has 0 aliphatic heterocycles. The summed E-state index contributed by atoms with van der Waals surface area (Å²) in [5, 5.41) is 2.96. The zero-order valence-corrected chi connectivity index (χ0v) is 10.8. The van der Waals surface area contributed by atoms with E-state index in [2.05, 4.69) is 5.32 Å². The SMILES string of the molecule is Cc1c(N)cccc1SCC(=O)NCC1CC1. The fourth-order valence-electron chi connectivity index (χ4n) is 1.56. The molecule has 0 radical (unpaired) electrons. The molecule has 1 aromatic carbocycles. The molecule has 1 aliphatic carbocycles. The van der Waals surface area contributed by atoms with Crippen molar-refractivity contribution in [3.63, 3.8) is 0 Å². The quantitative estimate of drug-likeness (QED) is 0.622. The lowest BCUT2D eigenvalue weighted by molar-refractivity contribution is -0.118. The summed E-state index contributed by atoms with van der Waals surface area (Å²) in [5.74, 6) is 1.32. The maximum atomic E-state index is 11.6. The largest absolute Gasteiger partial charge is 0.398 e. The van der Waals surface area contributed by atoms with Crippen LogP contribution in [0.2, 0.25) is 0 Å².